The van der Waals surface area contributed by atoms with Crippen LogP contribution in [0.15, 0.2) is 24.0 Å². The van der Waals surface area contributed by atoms with E-state index >= 15 is 0 Å². The highest BCUT2D eigenvalue weighted by Gasteiger charge is 2.39. The fourth-order valence-electron chi connectivity index (χ4n) is 3.32. The first-order chi connectivity index (χ1) is 12.6. The highest BCUT2D eigenvalue weighted by atomic mass is 32.7. The third-order valence-corrected chi connectivity index (χ3v) is 8.41. The van der Waals surface area contributed by atoms with E-state index in [1.807, 2.05) is 46.8 Å². The van der Waals surface area contributed by atoms with Gasteiger partial charge in [-0.3, -0.25) is 9.32 Å². The maximum atomic E-state index is 13.2. The molecule has 0 spiro atoms. The molecule has 4 nitrogen and oxygen atoms in total. The molecule has 0 fully saturated rings. The lowest BCUT2D eigenvalue weighted by molar-refractivity contribution is -0.116. The van der Waals surface area contributed by atoms with Gasteiger partial charge in [-0.1, -0.05) is 44.5 Å². The predicted octanol–water partition coefficient (Wildman–Crippen LogP) is 6.71. The number of carbonyl (C=O) groups is 1. The van der Waals surface area contributed by atoms with Crippen LogP contribution >= 0.6 is 18.2 Å². The van der Waals surface area contributed by atoms with Gasteiger partial charge in [0.15, 0.2) is 5.78 Å². The second-order valence-electron chi connectivity index (χ2n) is 7.85. The number of hydrogen-bond donors (Lipinski definition) is 0. The van der Waals surface area contributed by atoms with Crippen LogP contribution in [0.25, 0.3) is 5.57 Å². The standard InChI is InChI=1S/C21H31O4PS/c1-7-11-27-26(23,24-8-2)25-19-14-21(5,6)13-18(22)20(19)17-10-9-15(3)12-16(17)4/h9-10,12H,7-8,11,13-14H2,1-6H3. The second-order valence-corrected chi connectivity index (χ2v) is 12.0. The predicted molar refractivity (Wildman–Crippen MR) is 114 cm³/mol. The van der Waals surface area contributed by atoms with Gasteiger partial charge in [-0.05, 0) is 55.1 Å². The summed E-state index contributed by atoms with van der Waals surface area (Å²) in [5.74, 6) is 1.22. The van der Waals surface area contributed by atoms with Crippen LogP contribution in [-0.2, 0) is 18.4 Å². The highest BCUT2D eigenvalue weighted by molar-refractivity contribution is 8.55. The monoisotopic (exact) mass is 410 g/mol. The molecule has 0 radical (unpaired) electrons. The van der Waals surface area contributed by atoms with Crippen LogP contribution in [0.5, 0.6) is 0 Å². The van der Waals surface area contributed by atoms with Crippen molar-refractivity contribution in [3.8, 4) is 0 Å². The average molecular weight is 411 g/mol. The van der Waals surface area contributed by atoms with Gasteiger partial charge in [0.25, 0.3) is 0 Å². The lowest BCUT2D eigenvalue weighted by Crippen LogP contribution is -2.26. The molecule has 1 aliphatic rings. The number of allylic oxidation sites excluding steroid dienone is 2. The summed E-state index contributed by atoms with van der Waals surface area (Å²) < 4.78 is 24.8. The number of benzene rings is 1. The zero-order valence-corrected chi connectivity index (χ0v) is 19.0. The lowest BCUT2D eigenvalue weighted by atomic mass is 9.74. The summed E-state index contributed by atoms with van der Waals surface area (Å²) in [6, 6.07) is 6.01. The zero-order chi connectivity index (χ0) is 20.2. The molecule has 1 atom stereocenters. The number of aryl methyl sites for hydroxylation is 2. The molecule has 1 aromatic carbocycles. The SMILES string of the molecule is CCCSP(=O)(OCC)OC1=C(c2ccc(C)cc2C)C(=O)CC(C)(C)C1. The van der Waals surface area contributed by atoms with Crippen molar-refractivity contribution in [3.05, 3.63) is 40.6 Å². The minimum atomic E-state index is -3.36. The van der Waals surface area contributed by atoms with E-state index < -0.39 is 6.80 Å². The number of rotatable bonds is 8. The summed E-state index contributed by atoms with van der Waals surface area (Å²) in [6.45, 7) is 8.87. The Kier molecular flexibility index (Phi) is 7.40. The van der Waals surface area contributed by atoms with Crippen LogP contribution < -0.4 is 0 Å². The molecule has 150 valence electrons. The first-order valence-corrected chi connectivity index (χ1v) is 12.7. The molecule has 6 heteroatoms. The molecule has 1 aromatic rings. The topological polar surface area (TPSA) is 52.6 Å². The van der Waals surface area contributed by atoms with Gasteiger partial charge in [0.05, 0.1) is 12.2 Å². The van der Waals surface area contributed by atoms with Gasteiger partial charge in [0.2, 0.25) is 0 Å². The molecule has 0 heterocycles. The average Bonchev–Trinajstić information content (AvgIpc) is 2.53. The zero-order valence-electron chi connectivity index (χ0n) is 17.3. The lowest BCUT2D eigenvalue weighted by Gasteiger charge is -2.33. The van der Waals surface area contributed by atoms with Gasteiger partial charge in [0.1, 0.15) is 5.76 Å². The van der Waals surface area contributed by atoms with Crippen LogP contribution in [-0.4, -0.2) is 18.1 Å². The van der Waals surface area contributed by atoms with Gasteiger partial charge in [-0.25, -0.2) is 4.57 Å². The summed E-state index contributed by atoms with van der Waals surface area (Å²) >= 11 is 1.21. The van der Waals surface area contributed by atoms with Crippen molar-refractivity contribution in [2.24, 2.45) is 5.41 Å². The van der Waals surface area contributed by atoms with Crippen molar-refractivity contribution in [2.45, 2.75) is 60.8 Å². The summed E-state index contributed by atoms with van der Waals surface area (Å²) in [5.41, 5.74) is 3.34. The normalized spacial score (nSPS) is 19.1. The molecule has 0 amide bonds. The number of carbonyl (C=O) groups excluding carboxylic acids is 1. The Bertz CT molecular complexity index is 782. The van der Waals surface area contributed by atoms with Crippen molar-refractivity contribution < 1.29 is 18.4 Å². The molecule has 0 aromatic heterocycles. The first kappa shape index (κ1) is 22.3. The molecule has 0 N–H and O–H groups in total. The van der Waals surface area contributed by atoms with E-state index in [9.17, 15) is 9.36 Å². The van der Waals surface area contributed by atoms with Crippen molar-refractivity contribution in [2.75, 3.05) is 12.4 Å². The van der Waals surface area contributed by atoms with Crippen LogP contribution in [0, 0.1) is 19.3 Å². The molecule has 0 bridgehead atoms. The Morgan fingerprint density at radius 2 is 1.89 bits per heavy atom. The first-order valence-electron chi connectivity index (χ1n) is 9.53. The van der Waals surface area contributed by atoms with Crippen molar-refractivity contribution in [1.29, 1.82) is 0 Å². The van der Waals surface area contributed by atoms with E-state index in [1.165, 1.54) is 11.4 Å². The number of hydrogen-bond acceptors (Lipinski definition) is 5. The molecule has 27 heavy (non-hydrogen) atoms. The Morgan fingerprint density at radius 1 is 1.19 bits per heavy atom. The van der Waals surface area contributed by atoms with E-state index in [1.54, 1.807) is 6.92 Å². The van der Waals surface area contributed by atoms with Crippen LogP contribution in [0.4, 0.5) is 0 Å². The molecule has 0 saturated carbocycles. The molecular weight excluding hydrogens is 379 g/mol. The molecule has 2 rings (SSSR count). The highest BCUT2D eigenvalue weighted by Crippen LogP contribution is 2.63. The van der Waals surface area contributed by atoms with Gasteiger partial charge >= 0.3 is 6.80 Å². The minimum Gasteiger partial charge on any atom is -0.421 e. The van der Waals surface area contributed by atoms with Gasteiger partial charge in [-0.15, -0.1) is 0 Å². The number of Topliss-reactive ketones (excluding diaryl/α,β-unsaturated/α-hetero) is 1. The number of ketones is 1. The minimum absolute atomic E-state index is 0.0387. The van der Waals surface area contributed by atoms with Gasteiger partial charge in [0, 0.05) is 18.6 Å². The van der Waals surface area contributed by atoms with E-state index in [-0.39, 0.29) is 11.2 Å². The summed E-state index contributed by atoms with van der Waals surface area (Å²) in [4.78, 5) is 13.0. The summed E-state index contributed by atoms with van der Waals surface area (Å²) in [5, 5.41) is 0. The third kappa shape index (κ3) is 5.73. The smallest absolute Gasteiger partial charge is 0.421 e. The molecular formula is C21H31O4PS. The quantitative estimate of drug-likeness (QED) is 0.446. The van der Waals surface area contributed by atoms with Gasteiger partial charge < -0.3 is 4.52 Å². The van der Waals surface area contributed by atoms with E-state index in [0.717, 1.165) is 23.1 Å². The Hall–Kier alpha value is -1.03. The fraction of sp³-hybridized carbons (Fsp3) is 0.571. The van der Waals surface area contributed by atoms with Crippen LogP contribution in [0.2, 0.25) is 0 Å². The van der Waals surface area contributed by atoms with Gasteiger partial charge in [-0.2, -0.15) is 0 Å². The van der Waals surface area contributed by atoms with Crippen LogP contribution in [0.1, 0.15) is 63.6 Å². The Balaban J connectivity index is 2.55. The van der Waals surface area contributed by atoms with Crippen molar-refractivity contribution in [1.82, 2.24) is 0 Å². The van der Waals surface area contributed by atoms with E-state index in [0.29, 0.717) is 36.5 Å². The third-order valence-electron chi connectivity index (χ3n) is 4.45. The fourth-order valence-corrected chi connectivity index (χ4v) is 6.84. The molecule has 0 saturated heterocycles. The van der Waals surface area contributed by atoms with Crippen molar-refractivity contribution >= 4 is 29.5 Å². The largest absolute Gasteiger partial charge is 0.439 e. The van der Waals surface area contributed by atoms with Crippen molar-refractivity contribution in [3.63, 3.8) is 0 Å². The summed E-state index contributed by atoms with van der Waals surface area (Å²) in [7, 11) is 0. The second kappa shape index (κ2) is 8.98. The molecule has 1 aliphatic carbocycles. The van der Waals surface area contributed by atoms with E-state index in [2.05, 4.69) is 6.07 Å². The molecule has 1 unspecified atom stereocenters. The maximum absolute atomic E-state index is 13.2. The molecule has 0 aliphatic heterocycles. The Labute approximate surface area is 167 Å². The van der Waals surface area contributed by atoms with Crippen LogP contribution in [0.3, 0.4) is 0 Å². The van der Waals surface area contributed by atoms with E-state index in [4.69, 9.17) is 9.05 Å². The summed E-state index contributed by atoms with van der Waals surface area (Å²) in [6.07, 6.45) is 1.88. The Morgan fingerprint density at radius 3 is 2.48 bits per heavy atom. The maximum Gasteiger partial charge on any atom is 0.439 e.